The van der Waals surface area contributed by atoms with Gasteiger partial charge in [-0.1, -0.05) is 18.2 Å². The molecule has 0 unspecified atom stereocenters. The van der Waals surface area contributed by atoms with Crippen molar-refractivity contribution < 1.29 is 17.6 Å². The first kappa shape index (κ1) is 21.1. The number of halogens is 3. The lowest BCUT2D eigenvalue weighted by Crippen LogP contribution is -2.35. The number of H-pyrrole nitrogens is 1. The third kappa shape index (κ3) is 4.31. The number of hydrogen-bond donors (Lipinski definition) is 1. The minimum absolute atomic E-state index is 0.00353. The van der Waals surface area contributed by atoms with Gasteiger partial charge >= 0.3 is 6.18 Å². The summed E-state index contributed by atoms with van der Waals surface area (Å²) in [5.74, 6) is 1.18. The number of nitrogens with one attached hydrogen (secondary N) is 1. The number of nitrogens with zero attached hydrogens (tertiary/aromatic N) is 3. The van der Waals surface area contributed by atoms with Crippen LogP contribution < -0.4 is 5.56 Å². The Kier molecular flexibility index (Phi) is 5.33. The van der Waals surface area contributed by atoms with Crippen LogP contribution in [0.3, 0.4) is 0 Å². The van der Waals surface area contributed by atoms with Gasteiger partial charge in [0, 0.05) is 43.0 Å². The number of rotatable bonds is 4. The molecule has 4 heterocycles. The molecule has 5 rings (SSSR count). The maximum Gasteiger partial charge on any atom is 0.417 e. The zero-order valence-electron chi connectivity index (χ0n) is 17.4. The summed E-state index contributed by atoms with van der Waals surface area (Å²) in [4.78, 5) is 26.2. The molecular weight excluding hydrogens is 433 g/mol. The third-order valence-corrected chi connectivity index (χ3v) is 5.62. The molecule has 3 aromatic heterocycles. The summed E-state index contributed by atoms with van der Waals surface area (Å²) in [7, 11) is 0. The van der Waals surface area contributed by atoms with Crippen LogP contribution in [0.1, 0.15) is 22.6 Å². The number of alkyl halides is 3. The van der Waals surface area contributed by atoms with Crippen LogP contribution >= 0.6 is 0 Å². The standard InChI is InChI=1S/C24H19F3N4O2/c25-24(26,27)19-6-2-1-5-17(19)21-8-7-16(33-21)13-31-11-9-20-18(14-31)23(32)30-22(29-20)15-4-3-10-28-12-15/h1-8,10,12H,9,11,13-14H2,(H,29,30,32). The predicted octanol–water partition coefficient (Wildman–Crippen LogP) is 4.67. The molecule has 0 saturated carbocycles. The van der Waals surface area contributed by atoms with Gasteiger partial charge in [-0.25, -0.2) is 4.98 Å². The van der Waals surface area contributed by atoms with E-state index in [-0.39, 0.29) is 16.9 Å². The Balaban J connectivity index is 1.35. The summed E-state index contributed by atoms with van der Waals surface area (Å²) in [6.45, 7) is 1.39. The van der Waals surface area contributed by atoms with Gasteiger partial charge in [0.05, 0.1) is 23.4 Å². The Morgan fingerprint density at radius 1 is 1.09 bits per heavy atom. The van der Waals surface area contributed by atoms with Gasteiger partial charge < -0.3 is 9.40 Å². The number of pyridine rings is 1. The van der Waals surface area contributed by atoms with E-state index in [0.29, 0.717) is 43.2 Å². The van der Waals surface area contributed by atoms with Gasteiger partial charge in [-0.2, -0.15) is 13.2 Å². The van der Waals surface area contributed by atoms with Crippen LogP contribution in [0, 0.1) is 0 Å². The maximum absolute atomic E-state index is 13.3. The predicted molar refractivity (Wildman–Crippen MR) is 115 cm³/mol. The fourth-order valence-corrected chi connectivity index (χ4v) is 4.03. The Morgan fingerprint density at radius 2 is 1.94 bits per heavy atom. The Morgan fingerprint density at radius 3 is 2.73 bits per heavy atom. The molecule has 0 fully saturated rings. The first-order valence-corrected chi connectivity index (χ1v) is 10.4. The first-order valence-electron chi connectivity index (χ1n) is 10.4. The van der Waals surface area contributed by atoms with E-state index < -0.39 is 11.7 Å². The van der Waals surface area contributed by atoms with Gasteiger partial charge in [-0.3, -0.25) is 14.7 Å². The fraction of sp³-hybridized carbons (Fsp3) is 0.208. The highest BCUT2D eigenvalue weighted by Crippen LogP contribution is 2.37. The van der Waals surface area contributed by atoms with Gasteiger partial charge in [-0.05, 0) is 30.3 Å². The second-order valence-electron chi connectivity index (χ2n) is 7.85. The van der Waals surface area contributed by atoms with Crippen LogP contribution in [-0.2, 0) is 25.7 Å². The summed E-state index contributed by atoms with van der Waals surface area (Å²) < 4.78 is 45.8. The molecule has 0 radical (unpaired) electrons. The third-order valence-electron chi connectivity index (χ3n) is 5.62. The first-order chi connectivity index (χ1) is 15.9. The van der Waals surface area contributed by atoms with Crippen LogP contribution in [0.4, 0.5) is 13.2 Å². The van der Waals surface area contributed by atoms with Gasteiger partial charge in [0.1, 0.15) is 17.3 Å². The topological polar surface area (TPSA) is 75.0 Å². The largest absolute Gasteiger partial charge is 0.460 e. The number of fused-ring (bicyclic) bond motifs is 1. The van der Waals surface area contributed by atoms with E-state index in [0.717, 1.165) is 17.3 Å². The highest BCUT2D eigenvalue weighted by molar-refractivity contribution is 5.63. The van der Waals surface area contributed by atoms with Crippen molar-refractivity contribution in [1.29, 1.82) is 0 Å². The van der Waals surface area contributed by atoms with Crippen LogP contribution in [0.2, 0.25) is 0 Å². The zero-order chi connectivity index (χ0) is 23.0. The van der Waals surface area contributed by atoms with Crippen molar-refractivity contribution in [3.8, 4) is 22.7 Å². The van der Waals surface area contributed by atoms with Crippen molar-refractivity contribution in [3.63, 3.8) is 0 Å². The SMILES string of the molecule is O=c1[nH]c(-c2cccnc2)nc2c1CN(Cc1ccc(-c3ccccc3C(F)(F)F)o1)CC2. The van der Waals surface area contributed by atoms with Crippen molar-refractivity contribution in [1.82, 2.24) is 19.9 Å². The normalized spacial score (nSPS) is 14.3. The second kappa shape index (κ2) is 8.32. The molecule has 0 spiro atoms. The molecule has 0 saturated heterocycles. The van der Waals surface area contributed by atoms with Crippen molar-refractivity contribution in [2.75, 3.05) is 6.54 Å². The van der Waals surface area contributed by atoms with Crippen molar-refractivity contribution in [2.24, 2.45) is 0 Å². The second-order valence-corrected chi connectivity index (χ2v) is 7.85. The molecule has 1 N–H and O–H groups in total. The Hall–Kier alpha value is -3.72. The van der Waals surface area contributed by atoms with E-state index in [1.54, 1.807) is 36.7 Å². The van der Waals surface area contributed by atoms with E-state index in [2.05, 4.69) is 15.0 Å². The van der Waals surface area contributed by atoms with E-state index in [4.69, 9.17) is 4.42 Å². The number of benzene rings is 1. The zero-order valence-corrected chi connectivity index (χ0v) is 17.4. The Labute approximate surface area is 186 Å². The lowest BCUT2D eigenvalue weighted by molar-refractivity contribution is -0.137. The lowest BCUT2D eigenvalue weighted by Gasteiger charge is -2.26. The van der Waals surface area contributed by atoms with Crippen molar-refractivity contribution in [3.05, 3.63) is 93.9 Å². The molecule has 9 heteroatoms. The van der Waals surface area contributed by atoms with Crippen LogP contribution in [0.25, 0.3) is 22.7 Å². The molecule has 6 nitrogen and oxygen atoms in total. The molecule has 0 amide bonds. The van der Waals surface area contributed by atoms with E-state index in [1.165, 1.54) is 12.1 Å². The monoisotopic (exact) mass is 452 g/mol. The molecule has 1 aromatic carbocycles. The fourth-order valence-electron chi connectivity index (χ4n) is 4.03. The summed E-state index contributed by atoms with van der Waals surface area (Å²) in [6.07, 6.45) is -0.593. The summed E-state index contributed by atoms with van der Waals surface area (Å²) in [5.41, 5.74) is 1.13. The average molecular weight is 452 g/mol. The maximum atomic E-state index is 13.3. The number of aromatic amines is 1. The molecule has 1 aliphatic rings. The molecule has 33 heavy (non-hydrogen) atoms. The van der Waals surface area contributed by atoms with Gasteiger partial charge in [0.2, 0.25) is 0 Å². The van der Waals surface area contributed by atoms with Gasteiger partial charge in [0.15, 0.2) is 0 Å². The minimum atomic E-state index is -4.47. The average Bonchev–Trinajstić information content (AvgIpc) is 3.28. The molecule has 168 valence electrons. The molecular formula is C24H19F3N4O2. The van der Waals surface area contributed by atoms with E-state index in [1.807, 2.05) is 11.0 Å². The van der Waals surface area contributed by atoms with Crippen LogP contribution in [0.15, 0.2) is 70.1 Å². The molecule has 0 atom stereocenters. The smallest absolute Gasteiger partial charge is 0.417 e. The molecule has 0 bridgehead atoms. The van der Waals surface area contributed by atoms with Crippen molar-refractivity contribution >= 4 is 0 Å². The summed E-state index contributed by atoms with van der Waals surface area (Å²) >= 11 is 0. The lowest BCUT2D eigenvalue weighted by atomic mass is 10.1. The van der Waals surface area contributed by atoms with E-state index >= 15 is 0 Å². The Bertz CT molecular complexity index is 1350. The van der Waals surface area contributed by atoms with E-state index in [9.17, 15) is 18.0 Å². The quantitative estimate of drug-likeness (QED) is 0.487. The number of hydrogen-bond acceptors (Lipinski definition) is 5. The van der Waals surface area contributed by atoms with Crippen LogP contribution in [-0.4, -0.2) is 26.4 Å². The van der Waals surface area contributed by atoms with Crippen molar-refractivity contribution in [2.45, 2.75) is 25.7 Å². The highest BCUT2D eigenvalue weighted by atomic mass is 19.4. The summed E-state index contributed by atoms with van der Waals surface area (Å²) in [6, 6.07) is 12.2. The molecule has 4 aromatic rings. The van der Waals surface area contributed by atoms with Crippen LogP contribution in [0.5, 0.6) is 0 Å². The molecule has 0 aliphatic carbocycles. The molecule has 1 aliphatic heterocycles. The summed E-state index contributed by atoms with van der Waals surface area (Å²) in [5, 5.41) is 0. The van der Waals surface area contributed by atoms with Gasteiger partial charge in [-0.15, -0.1) is 0 Å². The minimum Gasteiger partial charge on any atom is -0.460 e. The number of aromatic nitrogens is 3. The number of furan rings is 1. The van der Waals surface area contributed by atoms with Gasteiger partial charge in [0.25, 0.3) is 5.56 Å². The highest BCUT2D eigenvalue weighted by Gasteiger charge is 2.34.